The van der Waals surface area contributed by atoms with Gasteiger partial charge in [0.05, 0.1) is 10.5 Å². The van der Waals surface area contributed by atoms with Crippen LogP contribution in [0.3, 0.4) is 0 Å². The van der Waals surface area contributed by atoms with Gasteiger partial charge in [0.25, 0.3) is 11.8 Å². The van der Waals surface area contributed by atoms with Crippen molar-refractivity contribution in [3.63, 3.8) is 0 Å². The van der Waals surface area contributed by atoms with Gasteiger partial charge < -0.3 is 10.2 Å². The Hall–Kier alpha value is -3.05. The summed E-state index contributed by atoms with van der Waals surface area (Å²) in [6, 6.07) is 16.3. The van der Waals surface area contributed by atoms with Crippen LogP contribution in [0.5, 0.6) is 0 Å². The van der Waals surface area contributed by atoms with Crippen LogP contribution in [-0.4, -0.2) is 68.1 Å². The van der Waals surface area contributed by atoms with Crippen LogP contribution < -0.4 is 5.32 Å². The number of hydrogen-bond donors (Lipinski definition) is 1. The number of carbonyl (C=O) groups is 2. The maximum absolute atomic E-state index is 13.2. The van der Waals surface area contributed by atoms with Crippen LogP contribution in [0.2, 0.25) is 0 Å². The molecule has 2 aromatic carbocycles. The van der Waals surface area contributed by atoms with Crippen LogP contribution in [0.4, 0.5) is 5.00 Å². The van der Waals surface area contributed by atoms with E-state index in [9.17, 15) is 18.0 Å². The van der Waals surface area contributed by atoms with Crippen LogP contribution in [-0.2, 0) is 29.5 Å². The molecule has 38 heavy (non-hydrogen) atoms. The minimum atomic E-state index is -3.55. The van der Waals surface area contributed by atoms with Crippen molar-refractivity contribution in [2.75, 3.05) is 39.0 Å². The number of nitrogens with one attached hydrogen (secondary N) is 1. The van der Waals surface area contributed by atoms with Gasteiger partial charge in [-0.05, 0) is 54.7 Å². The topological polar surface area (TPSA) is 90.0 Å². The first-order valence-corrected chi connectivity index (χ1v) is 15.0. The van der Waals surface area contributed by atoms with Gasteiger partial charge in [-0.25, -0.2) is 8.42 Å². The number of carbonyl (C=O) groups excluding carboxylic acids is 2. The van der Waals surface area contributed by atoms with Crippen LogP contribution in [0.1, 0.15) is 49.6 Å². The molecule has 3 heterocycles. The van der Waals surface area contributed by atoms with E-state index in [0.29, 0.717) is 35.8 Å². The second-order valence-electron chi connectivity index (χ2n) is 9.94. The second kappa shape index (κ2) is 11.0. The van der Waals surface area contributed by atoms with Crippen molar-refractivity contribution >= 4 is 38.2 Å². The standard InChI is InChI=1S/C28H32N4O4S2/c1-30(2)28(34)25-23-14-17-31(18-20-8-4-3-5-9-20)19-24(23)37-27(25)29-26(33)21-10-12-22(13-11-21)38(35,36)32-15-6-7-16-32/h3-5,8-13H,6-7,14-19H2,1-2H3,(H,29,33). The zero-order valence-corrected chi connectivity index (χ0v) is 23.3. The third-order valence-electron chi connectivity index (χ3n) is 7.05. The molecule has 1 N–H and O–H groups in total. The number of anilines is 1. The van der Waals surface area contributed by atoms with Crippen molar-refractivity contribution in [2.45, 2.75) is 37.2 Å². The second-order valence-corrected chi connectivity index (χ2v) is 13.0. The molecule has 1 saturated heterocycles. The molecular weight excluding hydrogens is 520 g/mol. The Labute approximate surface area is 227 Å². The maximum atomic E-state index is 13.2. The van der Waals surface area contributed by atoms with Gasteiger partial charge in [-0.3, -0.25) is 14.5 Å². The predicted octanol–water partition coefficient (Wildman–Crippen LogP) is 4.05. The Morgan fingerprint density at radius 1 is 0.974 bits per heavy atom. The number of fused-ring (bicyclic) bond motifs is 1. The highest BCUT2D eigenvalue weighted by atomic mass is 32.2. The molecule has 3 aromatic rings. The molecule has 0 unspecified atom stereocenters. The summed E-state index contributed by atoms with van der Waals surface area (Å²) in [7, 11) is -0.128. The first-order valence-electron chi connectivity index (χ1n) is 12.8. The van der Waals surface area contributed by atoms with Crippen LogP contribution in [0.25, 0.3) is 0 Å². The normalized spacial score (nSPS) is 16.3. The highest BCUT2D eigenvalue weighted by molar-refractivity contribution is 7.89. The van der Waals surface area contributed by atoms with E-state index >= 15 is 0 Å². The predicted molar refractivity (Wildman–Crippen MR) is 149 cm³/mol. The Morgan fingerprint density at radius 3 is 2.32 bits per heavy atom. The molecule has 5 rings (SSSR count). The third kappa shape index (κ3) is 5.40. The van der Waals surface area contributed by atoms with Gasteiger partial charge in [-0.1, -0.05) is 30.3 Å². The van der Waals surface area contributed by atoms with E-state index in [1.54, 1.807) is 14.1 Å². The van der Waals surface area contributed by atoms with Gasteiger partial charge in [-0.2, -0.15) is 4.31 Å². The Bertz CT molecular complexity index is 1430. The lowest BCUT2D eigenvalue weighted by Crippen LogP contribution is -2.31. The fraction of sp³-hybridized carbons (Fsp3) is 0.357. The van der Waals surface area contributed by atoms with Crippen molar-refractivity contribution in [2.24, 2.45) is 0 Å². The molecule has 0 atom stereocenters. The number of rotatable bonds is 7. The van der Waals surface area contributed by atoms with E-state index in [1.165, 1.54) is 50.4 Å². The summed E-state index contributed by atoms with van der Waals surface area (Å²) in [5.74, 6) is -0.510. The average molecular weight is 553 g/mol. The zero-order chi connectivity index (χ0) is 26.9. The number of nitrogens with zero attached hydrogens (tertiary/aromatic N) is 3. The number of hydrogen-bond acceptors (Lipinski definition) is 6. The number of thiophene rings is 1. The first-order chi connectivity index (χ1) is 18.2. The monoisotopic (exact) mass is 552 g/mol. The number of amides is 2. The summed E-state index contributed by atoms with van der Waals surface area (Å²) in [5.41, 5.74) is 3.13. The molecule has 10 heteroatoms. The highest BCUT2D eigenvalue weighted by Gasteiger charge is 2.30. The largest absolute Gasteiger partial charge is 0.345 e. The first kappa shape index (κ1) is 26.6. The molecule has 0 aliphatic carbocycles. The Balaban J connectivity index is 1.36. The molecule has 2 aliphatic rings. The molecule has 200 valence electrons. The van der Waals surface area contributed by atoms with E-state index in [2.05, 4.69) is 22.3 Å². The molecule has 0 spiro atoms. The van der Waals surface area contributed by atoms with Gasteiger partial charge in [0, 0.05) is 57.3 Å². The summed E-state index contributed by atoms with van der Waals surface area (Å²) >= 11 is 1.45. The van der Waals surface area contributed by atoms with Gasteiger partial charge in [0.1, 0.15) is 5.00 Å². The van der Waals surface area contributed by atoms with E-state index in [1.807, 2.05) is 18.2 Å². The molecular formula is C28H32N4O4S2. The summed E-state index contributed by atoms with van der Waals surface area (Å²) in [6.07, 6.45) is 2.46. The van der Waals surface area contributed by atoms with E-state index in [-0.39, 0.29) is 16.7 Å². The molecule has 8 nitrogen and oxygen atoms in total. The highest BCUT2D eigenvalue weighted by Crippen LogP contribution is 2.38. The van der Waals surface area contributed by atoms with Gasteiger partial charge >= 0.3 is 0 Å². The fourth-order valence-electron chi connectivity index (χ4n) is 5.00. The summed E-state index contributed by atoms with van der Waals surface area (Å²) in [5, 5.41) is 3.49. The number of sulfonamides is 1. The molecule has 1 aromatic heterocycles. The van der Waals surface area contributed by atoms with Crippen molar-refractivity contribution in [3.05, 3.63) is 81.7 Å². The van der Waals surface area contributed by atoms with E-state index in [0.717, 1.165) is 42.8 Å². The molecule has 0 bridgehead atoms. The SMILES string of the molecule is CN(C)C(=O)c1c(NC(=O)c2ccc(S(=O)(=O)N3CCCC3)cc2)sc2c1CCN(Cc1ccccc1)C2. The van der Waals surface area contributed by atoms with Gasteiger partial charge in [0.2, 0.25) is 10.0 Å². The lowest BCUT2D eigenvalue weighted by atomic mass is 10.0. The molecule has 0 radical (unpaired) electrons. The summed E-state index contributed by atoms with van der Waals surface area (Å²) in [4.78, 5) is 31.5. The fourth-order valence-corrected chi connectivity index (χ4v) is 7.80. The Kier molecular flexibility index (Phi) is 7.67. The van der Waals surface area contributed by atoms with E-state index < -0.39 is 10.0 Å². The number of benzene rings is 2. The molecule has 0 saturated carbocycles. The van der Waals surface area contributed by atoms with Crippen molar-refractivity contribution < 1.29 is 18.0 Å². The molecule has 2 amide bonds. The molecule has 2 aliphatic heterocycles. The average Bonchev–Trinajstić information content (AvgIpc) is 3.57. The molecule has 1 fully saturated rings. The Morgan fingerprint density at radius 2 is 1.66 bits per heavy atom. The lowest BCUT2D eigenvalue weighted by molar-refractivity contribution is 0.0827. The minimum Gasteiger partial charge on any atom is -0.345 e. The maximum Gasteiger partial charge on any atom is 0.256 e. The van der Waals surface area contributed by atoms with Crippen LogP contribution in [0, 0.1) is 0 Å². The third-order valence-corrected chi connectivity index (χ3v) is 10.1. The quantitative estimate of drug-likeness (QED) is 0.478. The van der Waals surface area contributed by atoms with E-state index in [4.69, 9.17) is 0 Å². The van der Waals surface area contributed by atoms with Crippen molar-refractivity contribution in [1.82, 2.24) is 14.1 Å². The van der Waals surface area contributed by atoms with Gasteiger partial charge in [-0.15, -0.1) is 11.3 Å². The summed E-state index contributed by atoms with van der Waals surface area (Å²) < 4.78 is 27.1. The minimum absolute atomic E-state index is 0.138. The zero-order valence-electron chi connectivity index (χ0n) is 21.6. The smallest absolute Gasteiger partial charge is 0.256 e. The van der Waals surface area contributed by atoms with Gasteiger partial charge in [0.15, 0.2) is 0 Å². The van der Waals surface area contributed by atoms with Crippen LogP contribution in [0.15, 0.2) is 59.5 Å². The van der Waals surface area contributed by atoms with Crippen molar-refractivity contribution in [3.8, 4) is 0 Å². The van der Waals surface area contributed by atoms with Crippen LogP contribution >= 0.6 is 11.3 Å². The van der Waals surface area contributed by atoms with Crippen molar-refractivity contribution in [1.29, 1.82) is 0 Å². The summed E-state index contributed by atoms with van der Waals surface area (Å²) in [6.45, 7) is 3.41. The lowest BCUT2D eigenvalue weighted by Gasteiger charge is -2.27.